The van der Waals surface area contributed by atoms with Crippen molar-refractivity contribution in [3.8, 4) is 5.75 Å². The van der Waals surface area contributed by atoms with Crippen molar-refractivity contribution in [3.05, 3.63) is 47.4 Å². The third kappa shape index (κ3) is 3.44. The van der Waals surface area contributed by atoms with Gasteiger partial charge in [-0.05, 0) is 43.7 Å². The molecule has 2 aromatic heterocycles. The van der Waals surface area contributed by atoms with E-state index in [4.69, 9.17) is 9.84 Å². The Labute approximate surface area is 168 Å². The van der Waals surface area contributed by atoms with Crippen LogP contribution in [0, 0.1) is 0 Å². The van der Waals surface area contributed by atoms with Gasteiger partial charge in [0.1, 0.15) is 17.4 Å². The Kier molecular flexibility index (Phi) is 4.63. The van der Waals surface area contributed by atoms with Crippen LogP contribution in [0.1, 0.15) is 40.9 Å². The molecule has 8 heteroatoms. The quantitative estimate of drug-likeness (QED) is 0.686. The molecule has 1 fully saturated rings. The third-order valence-corrected chi connectivity index (χ3v) is 5.61. The van der Waals surface area contributed by atoms with E-state index in [0.717, 1.165) is 54.1 Å². The summed E-state index contributed by atoms with van der Waals surface area (Å²) in [5.74, 6) is 1.15. The summed E-state index contributed by atoms with van der Waals surface area (Å²) in [5.41, 5.74) is 4.38. The van der Waals surface area contributed by atoms with Crippen LogP contribution in [0.25, 0.3) is 11.2 Å². The van der Waals surface area contributed by atoms with Crippen molar-refractivity contribution in [3.63, 3.8) is 0 Å². The lowest BCUT2D eigenvalue weighted by molar-refractivity contribution is 0.0952. The summed E-state index contributed by atoms with van der Waals surface area (Å²) >= 11 is 0. The van der Waals surface area contributed by atoms with E-state index in [1.54, 1.807) is 12.4 Å². The highest BCUT2D eigenvalue weighted by Crippen LogP contribution is 2.29. The van der Waals surface area contributed by atoms with Gasteiger partial charge in [0.05, 0.1) is 12.2 Å². The fourth-order valence-corrected chi connectivity index (χ4v) is 4.18. The molecule has 1 saturated heterocycles. The van der Waals surface area contributed by atoms with Crippen molar-refractivity contribution in [2.45, 2.75) is 38.3 Å². The van der Waals surface area contributed by atoms with Crippen molar-refractivity contribution < 1.29 is 9.53 Å². The summed E-state index contributed by atoms with van der Waals surface area (Å²) in [7, 11) is 0. The highest BCUT2D eigenvalue weighted by atomic mass is 16.5. The number of carbonyl (C=O) groups excluding carboxylic acids is 1. The minimum atomic E-state index is -0.0879. The van der Waals surface area contributed by atoms with Crippen LogP contribution in [-0.2, 0) is 13.0 Å². The molecular weight excluding hydrogens is 368 g/mol. The van der Waals surface area contributed by atoms with Gasteiger partial charge < -0.3 is 15.4 Å². The van der Waals surface area contributed by atoms with Gasteiger partial charge in [-0.1, -0.05) is 0 Å². The van der Waals surface area contributed by atoms with E-state index in [2.05, 4.69) is 20.6 Å². The van der Waals surface area contributed by atoms with Crippen LogP contribution in [0.15, 0.2) is 30.6 Å². The monoisotopic (exact) mass is 392 g/mol. The Bertz CT molecular complexity index is 1060. The molecule has 2 N–H and O–H groups in total. The summed E-state index contributed by atoms with van der Waals surface area (Å²) in [6.45, 7) is 4.97. The molecule has 0 bridgehead atoms. The first-order chi connectivity index (χ1) is 14.2. The maximum Gasteiger partial charge on any atom is 0.251 e. The van der Waals surface area contributed by atoms with Crippen LogP contribution in [0.5, 0.6) is 5.75 Å². The van der Waals surface area contributed by atoms with Crippen LogP contribution in [0.3, 0.4) is 0 Å². The molecule has 3 aromatic rings. The van der Waals surface area contributed by atoms with E-state index >= 15 is 0 Å². The summed E-state index contributed by atoms with van der Waals surface area (Å²) < 4.78 is 7.56. The number of hydrogen-bond acceptors (Lipinski definition) is 6. The topological polar surface area (TPSA) is 94.0 Å². The zero-order chi connectivity index (χ0) is 19.8. The number of fused-ring (bicyclic) bond motifs is 2. The van der Waals surface area contributed by atoms with Crippen LogP contribution in [-0.4, -0.2) is 51.4 Å². The van der Waals surface area contributed by atoms with Gasteiger partial charge in [0.15, 0.2) is 5.65 Å². The van der Waals surface area contributed by atoms with E-state index < -0.39 is 0 Å². The fraction of sp³-hybridized carbons (Fsp3) is 0.429. The molecule has 2 aliphatic rings. The predicted octanol–water partition coefficient (Wildman–Crippen LogP) is 1.66. The van der Waals surface area contributed by atoms with Gasteiger partial charge in [0.2, 0.25) is 0 Å². The number of rotatable bonds is 5. The Morgan fingerprint density at radius 1 is 1.34 bits per heavy atom. The number of nitrogens with zero attached hydrogens (tertiary/aromatic N) is 4. The average Bonchev–Trinajstić information content (AvgIpc) is 3.45. The number of carbonyl (C=O) groups is 1. The van der Waals surface area contributed by atoms with Gasteiger partial charge in [-0.25, -0.2) is 14.6 Å². The number of nitrogens with one attached hydrogen (secondary N) is 2. The van der Waals surface area contributed by atoms with E-state index in [-0.39, 0.29) is 12.0 Å². The van der Waals surface area contributed by atoms with Crippen LogP contribution < -0.4 is 15.4 Å². The average molecular weight is 392 g/mol. The molecule has 0 unspecified atom stereocenters. The van der Waals surface area contributed by atoms with E-state index in [1.165, 1.54) is 0 Å². The first-order valence-electron chi connectivity index (χ1n) is 10.1. The normalized spacial score (nSPS) is 20.6. The molecule has 8 nitrogen and oxygen atoms in total. The van der Waals surface area contributed by atoms with Gasteiger partial charge in [0, 0.05) is 43.4 Å². The maximum atomic E-state index is 12.6. The van der Waals surface area contributed by atoms with Crippen LogP contribution >= 0.6 is 0 Å². The standard InChI is InChI=1S/C21H24N6O2/c1-13-10-16-11-14(2-3-17(16)29-13)21(28)25-8-9-27-20-19(23-6-7-24-20)18(26-27)15-4-5-22-12-15/h2-3,6-7,11,13,15,22H,4-5,8-10,12H2,1H3,(H,25,28)/t13-,15-/m0/s1. The zero-order valence-electron chi connectivity index (χ0n) is 16.4. The summed E-state index contributed by atoms with van der Waals surface area (Å²) in [4.78, 5) is 21.5. The lowest BCUT2D eigenvalue weighted by Crippen LogP contribution is -2.27. The zero-order valence-corrected chi connectivity index (χ0v) is 16.4. The molecule has 1 amide bonds. The van der Waals surface area contributed by atoms with Crippen molar-refractivity contribution >= 4 is 17.1 Å². The van der Waals surface area contributed by atoms with Crippen molar-refractivity contribution in [1.82, 2.24) is 30.4 Å². The van der Waals surface area contributed by atoms with Crippen molar-refractivity contribution in [1.29, 1.82) is 0 Å². The smallest absolute Gasteiger partial charge is 0.251 e. The first kappa shape index (κ1) is 18.1. The number of amides is 1. The fourth-order valence-electron chi connectivity index (χ4n) is 4.18. The lowest BCUT2D eigenvalue weighted by atomic mass is 10.0. The largest absolute Gasteiger partial charge is 0.490 e. The number of hydrogen-bond donors (Lipinski definition) is 2. The Morgan fingerprint density at radius 3 is 3.10 bits per heavy atom. The van der Waals surface area contributed by atoms with Gasteiger partial charge in [-0.3, -0.25) is 4.79 Å². The van der Waals surface area contributed by atoms with Crippen molar-refractivity contribution in [2.24, 2.45) is 0 Å². The minimum Gasteiger partial charge on any atom is -0.490 e. The SMILES string of the molecule is C[C@H]1Cc2cc(C(=O)NCCn3nc([C@H]4CCNC4)c4nccnc43)ccc2O1. The van der Waals surface area contributed by atoms with Gasteiger partial charge in [-0.2, -0.15) is 5.10 Å². The van der Waals surface area contributed by atoms with Gasteiger partial charge in [0.25, 0.3) is 5.91 Å². The van der Waals surface area contributed by atoms with E-state index in [1.807, 2.05) is 29.8 Å². The first-order valence-corrected chi connectivity index (χ1v) is 10.1. The maximum absolute atomic E-state index is 12.6. The number of benzene rings is 1. The lowest BCUT2D eigenvalue weighted by Gasteiger charge is -2.07. The molecule has 0 spiro atoms. The molecule has 29 heavy (non-hydrogen) atoms. The second-order valence-corrected chi connectivity index (χ2v) is 7.74. The second kappa shape index (κ2) is 7.44. The predicted molar refractivity (Wildman–Crippen MR) is 108 cm³/mol. The molecule has 0 aliphatic carbocycles. The number of ether oxygens (including phenoxy) is 1. The Balaban J connectivity index is 1.28. The molecule has 5 rings (SSSR count). The molecule has 2 atom stereocenters. The highest BCUT2D eigenvalue weighted by molar-refractivity contribution is 5.94. The molecule has 0 radical (unpaired) electrons. The molecule has 150 valence electrons. The molecular formula is C21H24N6O2. The third-order valence-electron chi connectivity index (χ3n) is 5.61. The summed E-state index contributed by atoms with van der Waals surface area (Å²) in [5, 5.41) is 11.2. The van der Waals surface area contributed by atoms with Crippen LogP contribution in [0.2, 0.25) is 0 Å². The molecule has 2 aliphatic heterocycles. The second-order valence-electron chi connectivity index (χ2n) is 7.74. The summed E-state index contributed by atoms with van der Waals surface area (Å²) in [6.07, 6.45) is 5.46. The minimum absolute atomic E-state index is 0.0879. The van der Waals surface area contributed by atoms with Crippen LogP contribution in [0.4, 0.5) is 0 Å². The summed E-state index contributed by atoms with van der Waals surface area (Å²) in [6, 6.07) is 5.62. The van der Waals surface area contributed by atoms with Crippen molar-refractivity contribution in [2.75, 3.05) is 19.6 Å². The Hall–Kier alpha value is -3.00. The molecule has 1 aromatic carbocycles. The molecule has 4 heterocycles. The van der Waals surface area contributed by atoms with E-state index in [9.17, 15) is 4.79 Å². The van der Waals surface area contributed by atoms with Gasteiger partial charge >= 0.3 is 0 Å². The highest BCUT2D eigenvalue weighted by Gasteiger charge is 2.24. The molecule has 0 saturated carbocycles. The van der Waals surface area contributed by atoms with Gasteiger partial charge in [-0.15, -0.1) is 0 Å². The van der Waals surface area contributed by atoms with E-state index in [0.29, 0.717) is 24.6 Å². The number of aromatic nitrogens is 4. The Morgan fingerprint density at radius 2 is 2.24 bits per heavy atom.